The largest absolute Gasteiger partial charge is 0.303 e. The minimum absolute atomic E-state index is 0.748. The van der Waals surface area contributed by atoms with Crippen LogP contribution >= 0.6 is 0 Å². The summed E-state index contributed by atoms with van der Waals surface area (Å²) in [4.78, 5) is 19.8. The molecule has 0 aliphatic rings. The number of unbranched alkanes of at least 4 members (excludes halogenated alkanes) is 9. The van der Waals surface area contributed by atoms with Crippen molar-refractivity contribution < 1.29 is 9.59 Å². The van der Waals surface area contributed by atoms with Gasteiger partial charge in [0.1, 0.15) is 12.6 Å². The Hall–Kier alpha value is -0.660. The molecule has 0 saturated heterocycles. The summed E-state index contributed by atoms with van der Waals surface area (Å²) in [5, 5.41) is 0. The first-order valence-corrected chi connectivity index (χ1v) is 8.56. The molecule has 0 spiro atoms. The number of carbonyl (C=O) groups excluding carboxylic acids is 2. The van der Waals surface area contributed by atoms with E-state index >= 15 is 0 Å². The third-order valence-electron chi connectivity index (χ3n) is 3.28. The molecule has 0 rings (SSSR count). The lowest BCUT2D eigenvalue weighted by molar-refractivity contribution is -0.108. The van der Waals surface area contributed by atoms with Crippen molar-refractivity contribution in [2.24, 2.45) is 5.92 Å². The van der Waals surface area contributed by atoms with Gasteiger partial charge in [0, 0.05) is 12.8 Å². The fourth-order valence-electron chi connectivity index (χ4n) is 1.97. The van der Waals surface area contributed by atoms with Crippen LogP contribution in [-0.4, -0.2) is 12.6 Å². The first kappa shape index (κ1) is 21.6. The van der Waals surface area contributed by atoms with Gasteiger partial charge in [0.05, 0.1) is 0 Å². The van der Waals surface area contributed by atoms with E-state index in [4.69, 9.17) is 0 Å². The van der Waals surface area contributed by atoms with E-state index in [9.17, 15) is 9.59 Å². The fourth-order valence-corrected chi connectivity index (χ4v) is 1.97. The molecule has 0 atom stereocenters. The molecule has 0 aliphatic carbocycles. The maximum Gasteiger partial charge on any atom is 0.119 e. The molecular weight excluding hydrogens is 248 g/mol. The molecule has 2 nitrogen and oxygen atoms in total. The van der Waals surface area contributed by atoms with Gasteiger partial charge >= 0.3 is 0 Å². The summed E-state index contributed by atoms with van der Waals surface area (Å²) in [7, 11) is 0. The van der Waals surface area contributed by atoms with Crippen LogP contribution in [0.1, 0.15) is 97.8 Å². The van der Waals surface area contributed by atoms with Gasteiger partial charge in [-0.3, -0.25) is 0 Å². The van der Waals surface area contributed by atoms with Gasteiger partial charge in [-0.15, -0.1) is 0 Å². The molecule has 0 aromatic carbocycles. The van der Waals surface area contributed by atoms with Gasteiger partial charge in [-0.1, -0.05) is 72.1 Å². The van der Waals surface area contributed by atoms with Crippen LogP contribution in [0.5, 0.6) is 0 Å². The number of carbonyl (C=O) groups is 2. The van der Waals surface area contributed by atoms with Crippen LogP contribution < -0.4 is 0 Å². The fraction of sp³-hybridized carbons (Fsp3) is 0.889. The van der Waals surface area contributed by atoms with E-state index in [2.05, 4.69) is 20.8 Å². The van der Waals surface area contributed by atoms with E-state index < -0.39 is 0 Å². The Morgan fingerprint density at radius 2 is 1.15 bits per heavy atom. The van der Waals surface area contributed by atoms with Crippen LogP contribution in [0.25, 0.3) is 0 Å². The summed E-state index contributed by atoms with van der Waals surface area (Å²) in [5.74, 6) is 0.816. The molecule has 0 fully saturated rings. The monoisotopic (exact) mass is 284 g/mol. The highest BCUT2D eigenvalue weighted by molar-refractivity contribution is 5.49. The molecule has 2 heteroatoms. The average molecular weight is 284 g/mol. The van der Waals surface area contributed by atoms with Gasteiger partial charge < -0.3 is 9.59 Å². The van der Waals surface area contributed by atoms with Crippen LogP contribution in [0, 0.1) is 5.92 Å². The van der Waals surface area contributed by atoms with Gasteiger partial charge in [-0.05, 0) is 18.8 Å². The Bertz CT molecular complexity index is 188. The molecule has 0 aromatic rings. The lowest BCUT2D eigenvalue weighted by atomic mass is 10.0. The van der Waals surface area contributed by atoms with Crippen LogP contribution in [-0.2, 0) is 9.59 Å². The predicted octanol–water partition coefficient (Wildman–Crippen LogP) is 5.73. The topological polar surface area (TPSA) is 34.1 Å². The zero-order valence-electron chi connectivity index (χ0n) is 14.0. The van der Waals surface area contributed by atoms with E-state index in [-0.39, 0.29) is 0 Å². The van der Waals surface area contributed by atoms with Crippen molar-refractivity contribution in [2.45, 2.75) is 97.8 Å². The minimum atomic E-state index is 0.748. The molecule has 20 heavy (non-hydrogen) atoms. The third kappa shape index (κ3) is 26.0. The average Bonchev–Trinajstić information content (AvgIpc) is 2.43. The van der Waals surface area contributed by atoms with Crippen molar-refractivity contribution >= 4 is 12.6 Å². The second-order valence-electron chi connectivity index (χ2n) is 5.92. The second-order valence-corrected chi connectivity index (χ2v) is 5.92. The van der Waals surface area contributed by atoms with Crippen molar-refractivity contribution in [3.63, 3.8) is 0 Å². The van der Waals surface area contributed by atoms with Gasteiger partial charge in [0.15, 0.2) is 0 Å². The van der Waals surface area contributed by atoms with Crippen molar-refractivity contribution in [3.8, 4) is 0 Å². The molecule has 0 aromatic heterocycles. The van der Waals surface area contributed by atoms with Crippen LogP contribution in [0.3, 0.4) is 0 Å². The Kier molecular flexibility index (Phi) is 22.3. The maximum atomic E-state index is 9.90. The highest BCUT2D eigenvalue weighted by Gasteiger charge is 1.93. The van der Waals surface area contributed by atoms with Gasteiger partial charge in [0.25, 0.3) is 0 Å². The summed E-state index contributed by atoms with van der Waals surface area (Å²) in [5.41, 5.74) is 0. The van der Waals surface area contributed by atoms with E-state index in [0.717, 1.165) is 44.2 Å². The first-order valence-electron chi connectivity index (χ1n) is 8.56. The zero-order chi connectivity index (χ0) is 15.5. The lowest BCUT2D eigenvalue weighted by Gasteiger charge is -2.01. The van der Waals surface area contributed by atoms with Gasteiger partial charge in [-0.2, -0.15) is 0 Å². The van der Waals surface area contributed by atoms with Crippen molar-refractivity contribution in [1.29, 1.82) is 0 Å². The Morgan fingerprint density at radius 3 is 1.60 bits per heavy atom. The van der Waals surface area contributed by atoms with Crippen LogP contribution in [0.2, 0.25) is 0 Å². The second kappa shape index (κ2) is 20.7. The molecule has 0 aliphatic heterocycles. The molecule has 0 N–H and O–H groups in total. The molecule has 0 radical (unpaired) electrons. The van der Waals surface area contributed by atoms with Gasteiger partial charge in [0.2, 0.25) is 0 Å². The van der Waals surface area contributed by atoms with E-state index in [1.54, 1.807) is 0 Å². The predicted molar refractivity (Wildman–Crippen MR) is 88.0 cm³/mol. The molecular formula is C18H36O2. The normalized spacial score (nSPS) is 10.0. The van der Waals surface area contributed by atoms with Crippen molar-refractivity contribution in [1.82, 2.24) is 0 Å². The third-order valence-corrected chi connectivity index (χ3v) is 3.28. The molecule has 0 amide bonds. The highest BCUT2D eigenvalue weighted by Crippen LogP contribution is 2.08. The maximum absolute atomic E-state index is 9.90. The Labute approximate surface area is 126 Å². The van der Waals surface area contributed by atoms with Crippen molar-refractivity contribution in [3.05, 3.63) is 0 Å². The molecule has 0 heterocycles. The van der Waals surface area contributed by atoms with E-state index in [0.29, 0.717) is 0 Å². The number of aldehydes is 2. The van der Waals surface area contributed by atoms with Crippen molar-refractivity contribution in [2.75, 3.05) is 0 Å². The summed E-state index contributed by atoms with van der Waals surface area (Å²) in [6.07, 6.45) is 16.0. The first-order chi connectivity index (χ1) is 9.68. The molecule has 120 valence electrons. The summed E-state index contributed by atoms with van der Waals surface area (Å²) >= 11 is 0. The smallest absolute Gasteiger partial charge is 0.119 e. The minimum Gasteiger partial charge on any atom is -0.303 e. The molecule has 0 saturated carbocycles. The number of hydrogen-bond donors (Lipinski definition) is 0. The quantitative estimate of drug-likeness (QED) is 0.320. The molecule has 0 unspecified atom stereocenters. The van der Waals surface area contributed by atoms with E-state index in [1.807, 2.05) is 0 Å². The zero-order valence-corrected chi connectivity index (χ0v) is 14.0. The summed E-state index contributed by atoms with van der Waals surface area (Å²) in [6.45, 7) is 6.69. The molecule has 0 bridgehead atoms. The Balaban J connectivity index is 0. The SMILES string of the molecule is CC(C)CCCCCC=O.CCCCCCCCC=O. The standard InChI is InChI=1S/2C9H18O/c1-9(2)7-5-3-4-6-8-10;1-2-3-4-5-6-7-8-9-10/h8-9H,3-7H2,1-2H3;9H,2-8H2,1H3. The van der Waals surface area contributed by atoms with E-state index in [1.165, 1.54) is 51.4 Å². The van der Waals surface area contributed by atoms with Gasteiger partial charge in [-0.25, -0.2) is 0 Å². The highest BCUT2D eigenvalue weighted by atomic mass is 16.1. The van der Waals surface area contributed by atoms with Crippen LogP contribution in [0.15, 0.2) is 0 Å². The Morgan fingerprint density at radius 1 is 0.700 bits per heavy atom. The number of rotatable bonds is 13. The summed E-state index contributed by atoms with van der Waals surface area (Å²) < 4.78 is 0. The van der Waals surface area contributed by atoms with Crippen LogP contribution in [0.4, 0.5) is 0 Å². The lowest BCUT2D eigenvalue weighted by Crippen LogP contribution is -1.86. The number of hydrogen-bond acceptors (Lipinski definition) is 2. The summed E-state index contributed by atoms with van der Waals surface area (Å²) in [6, 6.07) is 0.